The number of aliphatic hydroxyl groups is 1. The molecule has 0 spiro atoms. The molecule has 1 aromatic rings. The van der Waals surface area contributed by atoms with Gasteiger partial charge in [-0.1, -0.05) is 13.8 Å². The van der Waals surface area contributed by atoms with Crippen molar-refractivity contribution < 1.29 is 5.11 Å². The van der Waals surface area contributed by atoms with Crippen molar-refractivity contribution in [3.05, 3.63) is 18.2 Å². The van der Waals surface area contributed by atoms with E-state index in [0.29, 0.717) is 6.54 Å². The minimum atomic E-state index is -0.570. The number of nitrogens with zero attached hydrogens (tertiary/aromatic N) is 3. The van der Waals surface area contributed by atoms with Crippen LogP contribution < -0.4 is 0 Å². The lowest BCUT2D eigenvalue weighted by Crippen LogP contribution is -2.40. The molecule has 1 N–H and O–H groups in total. The van der Waals surface area contributed by atoms with E-state index in [0.717, 1.165) is 25.2 Å². The zero-order valence-corrected chi connectivity index (χ0v) is 10.8. The summed E-state index contributed by atoms with van der Waals surface area (Å²) in [5.74, 6) is 1.03. The lowest BCUT2D eigenvalue weighted by Gasteiger charge is -2.30. The fourth-order valence-corrected chi connectivity index (χ4v) is 1.82. The second-order valence-electron chi connectivity index (χ2n) is 4.56. The van der Waals surface area contributed by atoms with E-state index in [2.05, 4.69) is 9.88 Å². The summed E-state index contributed by atoms with van der Waals surface area (Å²) in [4.78, 5) is 6.40. The maximum absolute atomic E-state index is 10.2. The first-order valence-corrected chi connectivity index (χ1v) is 5.88. The summed E-state index contributed by atoms with van der Waals surface area (Å²) in [5, 5.41) is 10.2. The van der Waals surface area contributed by atoms with Gasteiger partial charge in [0.15, 0.2) is 0 Å². The van der Waals surface area contributed by atoms with Gasteiger partial charge in [-0.3, -0.25) is 4.90 Å². The number of imidazole rings is 1. The van der Waals surface area contributed by atoms with E-state index >= 15 is 0 Å². The summed E-state index contributed by atoms with van der Waals surface area (Å²) >= 11 is 0. The first-order chi connectivity index (χ1) is 7.50. The first kappa shape index (κ1) is 13.2. The van der Waals surface area contributed by atoms with Crippen LogP contribution in [0.2, 0.25) is 0 Å². The molecule has 0 aromatic carbocycles. The van der Waals surface area contributed by atoms with Gasteiger partial charge in [0.05, 0.1) is 12.1 Å². The van der Waals surface area contributed by atoms with Gasteiger partial charge in [0, 0.05) is 26.0 Å². The van der Waals surface area contributed by atoms with E-state index < -0.39 is 5.60 Å². The molecule has 1 heterocycles. The van der Waals surface area contributed by atoms with E-state index in [-0.39, 0.29) is 0 Å². The predicted octanol–water partition coefficient (Wildman–Crippen LogP) is 1.40. The van der Waals surface area contributed by atoms with Gasteiger partial charge in [-0.05, 0) is 19.9 Å². The molecule has 0 radical (unpaired) electrons. The first-order valence-electron chi connectivity index (χ1n) is 5.88. The normalized spacial score (nSPS) is 12.4. The van der Waals surface area contributed by atoms with Gasteiger partial charge in [-0.2, -0.15) is 0 Å². The largest absolute Gasteiger partial charge is 0.389 e. The molecule has 0 saturated carbocycles. The van der Waals surface area contributed by atoms with Crippen molar-refractivity contribution in [3.63, 3.8) is 0 Å². The van der Waals surface area contributed by atoms with Crippen LogP contribution in [0, 0.1) is 0 Å². The third kappa shape index (κ3) is 3.32. The Balaban J connectivity index is 2.53. The van der Waals surface area contributed by atoms with Crippen LogP contribution in [-0.2, 0) is 13.6 Å². The predicted molar refractivity (Wildman–Crippen MR) is 65.1 cm³/mol. The van der Waals surface area contributed by atoms with Crippen LogP contribution in [0.1, 0.15) is 32.5 Å². The monoisotopic (exact) mass is 225 g/mol. The van der Waals surface area contributed by atoms with E-state index in [9.17, 15) is 5.11 Å². The van der Waals surface area contributed by atoms with Crippen molar-refractivity contribution in [2.75, 3.05) is 13.6 Å². The highest BCUT2D eigenvalue weighted by Crippen LogP contribution is 2.16. The van der Waals surface area contributed by atoms with Crippen molar-refractivity contribution in [1.82, 2.24) is 14.5 Å². The molecule has 0 amide bonds. The van der Waals surface area contributed by atoms with Crippen LogP contribution in [0.25, 0.3) is 0 Å². The summed E-state index contributed by atoms with van der Waals surface area (Å²) in [6.45, 7) is 5.51. The molecule has 0 fully saturated rings. The molecule has 1 rings (SSSR count). The lowest BCUT2D eigenvalue weighted by atomic mass is 9.97. The molecule has 0 saturated heterocycles. The third-order valence-corrected chi connectivity index (χ3v) is 3.21. The van der Waals surface area contributed by atoms with Gasteiger partial charge >= 0.3 is 0 Å². The third-order valence-electron chi connectivity index (χ3n) is 3.21. The number of aryl methyl sites for hydroxylation is 1. The van der Waals surface area contributed by atoms with Crippen molar-refractivity contribution >= 4 is 0 Å². The molecule has 0 bridgehead atoms. The summed E-state index contributed by atoms with van der Waals surface area (Å²) in [7, 11) is 4.01. The maximum atomic E-state index is 10.2. The van der Waals surface area contributed by atoms with Crippen LogP contribution in [0.3, 0.4) is 0 Å². The van der Waals surface area contributed by atoms with E-state index in [1.165, 1.54) is 0 Å². The summed E-state index contributed by atoms with van der Waals surface area (Å²) in [6.07, 6.45) is 5.31. The fraction of sp³-hybridized carbons (Fsp3) is 0.750. The number of hydrogen-bond donors (Lipinski definition) is 1. The molecule has 4 nitrogen and oxygen atoms in total. The van der Waals surface area contributed by atoms with Gasteiger partial charge in [0.25, 0.3) is 0 Å². The molecular formula is C12H23N3O. The zero-order valence-electron chi connectivity index (χ0n) is 10.8. The summed E-state index contributed by atoms with van der Waals surface area (Å²) in [5.41, 5.74) is -0.570. The molecular weight excluding hydrogens is 202 g/mol. The fourth-order valence-electron chi connectivity index (χ4n) is 1.82. The van der Waals surface area contributed by atoms with E-state index in [1.54, 1.807) is 6.20 Å². The highest BCUT2D eigenvalue weighted by atomic mass is 16.3. The van der Waals surface area contributed by atoms with E-state index in [4.69, 9.17) is 0 Å². The smallest absolute Gasteiger partial charge is 0.122 e. The van der Waals surface area contributed by atoms with Gasteiger partial charge in [-0.15, -0.1) is 0 Å². The second kappa shape index (κ2) is 5.46. The quantitative estimate of drug-likeness (QED) is 0.795. The average Bonchev–Trinajstić information content (AvgIpc) is 2.64. The van der Waals surface area contributed by atoms with Crippen LogP contribution in [0.15, 0.2) is 12.4 Å². The highest BCUT2D eigenvalue weighted by molar-refractivity contribution is 4.91. The average molecular weight is 225 g/mol. The van der Waals surface area contributed by atoms with Gasteiger partial charge in [-0.25, -0.2) is 4.98 Å². The molecule has 1 aromatic heterocycles. The Hall–Kier alpha value is -0.870. The molecule has 0 aliphatic rings. The van der Waals surface area contributed by atoms with Gasteiger partial charge in [0.1, 0.15) is 5.82 Å². The van der Waals surface area contributed by atoms with Crippen molar-refractivity contribution in [2.24, 2.45) is 7.05 Å². The molecule has 16 heavy (non-hydrogen) atoms. The molecule has 0 aliphatic carbocycles. The van der Waals surface area contributed by atoms with E-state index in [1.807, 2.05) is 38.7 Å². The topological polar surface area (TPSA) is 41.3 Å². The SMILES string of the molecule is CCC(O)(CC)CN(C)Cc1nccn1C. The number of aromatic nitrogens is 2. The van der Waals surface area contributed by atoms with Gasteiger partial charge in [0.2, 0.25) is 0 Å². The number of hydrogen-bond acceptors (Lipinski definition) is 3. The number of rotatable bonds is 6. The van der Waals surface area contributed by atoms with Gasteiger partial charge < -0.3 is 9.67 Å². The Morgan fingerprint density at radius 3 is 2.50 bits per heavy atom. The number of likely N-dealkylation sites (N-methyl/N-ethyl adjacent to an activating group) is 1. The van der Waals surface area contributed by atoms with Crippen LogP contribution in [0.4, 0.5) is 0 Å². The van der Waals surface area contributed by atoms with Crippen LogP contribution in [0.5, 0.6) is 0 Å². The standard InChI is InChI=1S/C12H23N3O/c1-5-12(16,6-2)10-14(3)9-11-13-7-8-15(11)4/h7-8,16H,5-6,9-10H2,1-4H3. The van der Waals surface area contributed by atoms with Crippen molar-refractivity contribution in [3.8, 4) is 0 Å². The Bertz CT molecular complexity index is 318. The molecule has 0 unspecified atom stereocenters. The van der Waals surface area contributed by atoms with Crippen molar-refractivity contribution in [1.29, 1.82) is 0 Å². The maximum Gasteiger partial charge on any atom is 0.122 e. The molecule has 92 valence electrons. The molecule has 0 atom stereocenters. The summed E-state index contributed by atoms with van der Waals surface area (Å²) < 4.78 is 2.01. The molecule has 0 aliphatic heterocycles. The minimum Gasteiger partial charge on any atom is -0.389 e. The Morgan fingerprint density at radius 2 is 2.06 bits per heavy atom. The second-order valence-corrected chi connectivity index (χ2v) is 4.56. The Kier molecular flexibility index (Phi) is 4.50. The van der Waals surface area contributed by atoms with Crippen LogP contribution >= 0.6 is 0 Å². The summed E-state index contributed by atoms with van der Waals surface area (Å²) in [6, 6.07) is 0. The Labute approximate surface area is 97.9 Å². The highest BCUT2D eigenvalue weighted by Gasteiger charge is 2.24. The van der Waals surface area contributed by atoms with Crippen molar-refractivity contribution in [2.45, 2.75) is 38.8 Å². The van der Waals surface area contributed by atoms with Crippen LogP contribution in [-0.4, -0.2) is 38.8 Å². The lowest BCUT2D eigenvalue weighted by molar-refractivity contribution is 0.000653. The Morgan fingerprint density at radius 1 is 1.44 bits per heavy atom. The zero-order chi connectivity index (χ0) is 12.2. The minimum absolute atomic E-state index is 0.570. The molecule has 4 heteroatoms.